The van der Waals surface area contributed by atoms with Crippen molar-refractivity contribution in [1.82, 2.24) is 15.1 Å². The number of carbonyl (C=O) groups excluding carboxylic acids is 1. The van der Waals surface area contributed by atoms with Crippen LogP contribution >= 0.6 is 23.1 Å². The number of furan rings is 1. The highest BCUT2D eigenvalue weighted by Gasteiger charge is 2.21. The third-order valence-electron chi connectivity index (χ3n) is 4.57. The highest BCUT2D eigenvalue weighted by atomic mass is 32.2. The Morgan fingerprint density at radius 2 is 1.97 bits per heavy atom. The van der Waals surface area contributed by atoms with Gasteiger partial charge in [-0.1, -0.05) is 23.1 Å². The molecule has 2 N–H and O–H groups in total. The van der Waals surface area contributed by atoms with E-state index >= 15 is 0 Å². The number of nitrogens with one attached hydrogen (secondary N) is 1. The number of aromatic nitrogens is 2. The molecule has 0 radical (unpaired) electrons. The molecule has 152 valence electrons. The predicted octanol–water partition coefficient (Wildman–Crippen LogP) is 2.89. The Labute approximate surface area is 176 Å². The Morgan fingerprint density at radius 3 is 2.69 bits per heavy atom. The molecule has 1 aliphatic heterocycles. The summed E-state index contributed by atoms with van der Waals surface area (Å²) in [6.07, 6.45) is 1.63. The fourth-order valence-electron chi connectivity index (χ4n) is 3.01. The number of hydrogen-bond donors (Lipinski definition) is 2. The molecule has 1 fully saturated rings. The molecule has 0 saturated carbocycles. The zero-order valence-corrected chi connectivity index (χ0v) is 17.3. The maximum atomic E-state index is 12.5. The number of anilines is 2. The number of carbonyl (C=O) groups is 1. The van der Waals surface area contributed by atoms with Gasteiger partial charge in [0.1, 0.15) is 11.5 Å². The summed E-state index contributed by atoms with van der Waals surface area (Å²) in [6, 6.07) is 10.9. The molecule has 3 aromatic rings. The second-order valence-corrected chi connectivity index (χ2v) is 8.68. The van der Waals surface area contributed by atoms with Crippen molar-refractivity contribution < 1.29 is 14.3 Å². The highest BCUT2D eigenvalue weighted by molar-refractivity contribution is 8.01. The fourth-order valence-corrected chi connectivity index (χ4v) is 4.66. The molecule has 0 unspecified atom stereocenters. The molecule has 0 atom stereocenters. The Kier molecular flexibility index (Phi) is 6.20. The van der Waals surface area contributed by atoms with Gasteiger partial charge in [0.15, 0.2) is 4.34 Å². The van der Waals surface area contributed by atoms with E-state index in [2.05, 4.69) is 20.4 Å². The van der Waals surface area contributed by atoms with Gasteiger partial charge in [0.2, 0.25) is 11.0 Å². The lowest BCUT2D eigenvalue weighted by Crippen LogP contribution is -2.49. The van der Waals surface area contributed by atoms with Gasteiger partial charge in [0, 0.05) is 31.9 Å². The van der Waals surface area contributed by atoms with Crippen LogP contribution in [0.3, 0.4) is 0 Å². The first-order valence-electron chi connectivity index (χ1n) is 9.22. The lowest BCUT2D eigenvalue weighted by atomic mass is 10.2. The number of rotatable bonds is 7. The first kappa shape index (κ1) is 19.6. The van der Waals surface area contributed by atoms with Crippen LogP contribution in [0.15, 0.2) is 51.4 Å². The molecular weight excluding hydrogens is 410 g/mol. The van der Waals surface area contributed by atoms with Crippen LogP contribution in [0.1, 0.15) is 5.76 Å². The van der Waals surface area contributed by atoms with Gasteiger partial charge in [-0.25, -0.2) is 0 Å². The summed E-state index contributed by atoms with van der Waals surface area (Å²) in [6.45, 7) is 3.48. The van der Waals surface area contributed by atoms with Gasteiger partial charge in [0.25, 0.3) is 0 Å². The summed E-state index contributed by atoms with van der Waals surface area (Å²) >= 11 is 2.84. The maximum Gasteiger partial charge on any atom is 0.233 e. The molecule has 0 bridgehead atoms. The van der Waals surface area contributed by atoms with Gasteiger partial charge in [-0.2, -0.15) is 0 Å². The van der Waals surface area contributed by atoms with Gasteiger partial charge in [-0.3, -0.25) is 4.79 Å². The number of hydrogen-bond acceptors (Lipinski definition) is 9. The van der Waals surface area contributed by atoms with E-state index in [4.69, 9.17) is 4.42 Å². The summed E-state index contributed by atoms with van der Waals surface area (Å²) < 4.78 is 6.04. The van der Waals surface area contributed by atoms with Crippen LogP contribution in [0.25, 0.3) is 0 Å². The molecule has 1 aliphatic rings. The van der Waals surface area contributed by atoms with Gasteiger partial charge < -0.3 is 24.6 Å². The number of piperazine rings is 1. The van der Waals surface area contributed by atoms with Crippen LogP contribution in [0.4, 0.5) is 10.8 Å². The van der Waals surface area contributed by atoms with E-state index in [0.717, 1.165) is 28.9 Å². The summed E-state index contributed by atoms with van der Waals surface area (Å²) in [5.74, 6) is 1.55. The minimum atomic E-state index is 0.112. The molecular formula is C19H21N5O3S2. The van der Waals surface area contributed by atoms with Crippen molar-refractivity contribution in [3.8, 4) is 5.75 Å². The third kappa shape index (κ3) is 5.21. The van der Waals surface area contributed by atoms with E-state index in [1.807, 2.05) is 29.2 Å². The van der Waals surface area contributed by atoms with Gasteiger partial charge >= 0.3 is 0 Å². The van der Waals surface area contributed by atoms with Crippen LogP contribution in [0, 0.1) is 0 Å². The van der Waals surface area contributed by atoms with E-state index in [9.17, 15) is 9.90 Å². The average Bonchev–Trinajstić information content (AvgIpc) is 3.43. The lowest BCUT2D eigenvalue weighted by molar-refractivity contribution is -0.128. The molecule has 0 spiro atoms. The number of benzene rings is 1. The summed E-state index contributed by atoms with van der Waals surface area (Å²) in [5.41, 5.74) is 1.06. The van der Waals surface area contributed by atoms with E-state index in [1.165, 1.54) is 23.1 Å². The fraction of sp³-hybridized carbons (Fsp3) is 0.316. The Hall–Kier alpha value is -2.72. The molecule has 1 aromatic carbocycles. The largest absolute Gasteiger partial charge is 0.508 e. The highest BCUT2D eigenvalue weighted by Crippen LogP contribution is 2.26. The second kappa shape index (κ2) is 9.19. The number of thioether (sulfide) groups is 1. The summed E-state index contributed by atoms with van der Waals surface area (Å²) in [5, 5.41) is 21.5. The molecule has 8 nitrogen and oxygen atoms in total. The van der Waals surface area contributed by atoms with Crippen molar-refractivity contribution in [3.63, 3.8) is 0 Å². The van der Waals surface area contributed by atoms with Crippen molar-refractivity contribution in [2.45, 2.75) is 10.9 Å². The van der Waals surface area contributed by atoms with Crippen molar-refractivity contribution in [2.75, 3.05) is 42.1 Å². The first-order chi connectivity index (χ1) is 14.2. The summed E-state index contributed by atoms with van der Waals surface area (Å²) in [7, 11) is 0. The minimum absolute atomic E-state index is 0.112. The number of amides is 1. The SMILES string of the molecule is O=C(CSc1nnc(NCc2ccco2)s1)N1CCN(c2ccc(O)cc2)CC1. The molecule has 1 amide bonds. The number of aromatic hydroxyl groups is 1. The van der Waals surface area contributed by atoms with Crippen LogP contribution in [0.5, 0.6) is 5.75 Å². The lowest BCUT2D eigenvalue weighted by Gasteiger charge is -2.36. The van der Waals surface area contributed by atoms with E-state index in [0.29, 0.717) is 30.5 Å². The van der Waals surface area contributed by atoms with E-state index in [1.54, 1.807) is 18.4 Å². The predicted molar refractivity (Wildman–Crippen MR) is 114 cm³/mol. The van der Waals surface area contributed by atoms with Crippen molar-refractivity contribution >= 4 is 39.8 Å². The topological polar surface area (TPSA) is 94.7 Å². The standard InChI is InChI=1S/C19H21N5O3S2/c25-15-5-3-14(4-6-15)23-7-9-24(10-8-23)17(26)13-28-19-22-21-18(29-19)20-12-16-2-1-11-27-16/h1-6,11,25H,7-10,12-13H2,(H,20,21). The zero-order chi connectivity index (χ0) is 20.1. The first-order valence-corrected chi connectivity index (χ1v) is 11.0. The molecule has 29 heavy (non-hydrogen) atoms. The number of phenols is 1. The quantitative estimate of drug-likeness (QED) is 0.552. The zero-order valence-electron chi connectivity index (χ0n) is 15.7. The number of nitrogens with zero attached hydrogens (tertiary/aromatic N) is 4. The monoisotopic (exact) mass is 431 g/mol. The summed E-state index contributed by atoms with van der Waals surface area (Å²) in [4.78, 5) is 16.6. The Bertz CT molecular complexity index is 922. The van der Waals surface area contributed by atoms with Crippen LogP contribution in [-0.4, -0.2) is 58.0 Å². The van der Waals surface area contributed by atoms with E-state index < -0.39 is 0 Å². The van der Waals surface area contributed by atoms with Gasteiger partial charge in [-0.05, 0) is 36.4 Å². The smallest absolute Gasteiger partial charge is 0.233 e. The molecule has 1 saturated heterocycles. The Balaban J connectivity index is 1.21. The normalized spacial score (nSPS) is 14.2. The second-order valence-electron chi connectivity index (χ2n) is 6.48. The molecule has 0 aliphatic carbocycles. The van der Waals surface area contributed by atoms with Gasteiger partial charge in [0.05, 0.1) is 18.6 Å². The Morgan fingerprint density at radius 1 is 1.17 bits per heavy atom. The minimum Gasteiger partial charge on any atom is -0.508 e. The van der Waals surface area contributed by atoms with E-state index in [-0.39, 0.29) is 11.7 Å². The molecule has 4 rings (SSSR count). The van der Waals surface area contributed by atoms with Crippen LogP contribution in [0.2, 0.25) is 0 Å². The van der Waals surface area contributed by atoms with Crippen molar-refractivity contribution in [1.29, 1.82) is 0 Å². The molecule has 10 heteroatoms. The maximum absolute atomic E-state index is 12.5. The van der Waals surface area contributed by atoms with Crippen molar-refractivity contribution in [2.24, 2.45) is 0 Å². The van der Waals surface area contributed by atoms with Crippen LogP contribution in [-0.2, 0) is 11.3 Å². The van der Waals surface area contributed by atoms with Crippen LogP contribution < -0.4 is 10.2 Å². The molecule has 3 heterocycles. The van der Waals surface area contributed by atoms with Crippen molar-refractivity contribution in [3.05, 3.63) is 48.4 Å². The number of phenolic OH excluding ortho intramolecular Hbond substituents is 1. The average molecular weight is 432 g/mol. The van der Waals surface area contributed by atoms with Gasteiger partial charge in [-0.15, -0.1) is 10.2 Å². The third-order valence-corrected chi connectivity index (χ3v) is 6.57. The molecule has 2 aromatic heterocycles.